The molecule has 1 atom stereocenters. The van der Waals surface area contributed by atoms with Crippen molar-refractivity contribution in [2.45, 2.75) is 19.3 Å². The number of carboxylic acid groups (broad SMARTS) is 1. The number of carboxylic acids is 1. The normalized spacial score (nSPS) is 18.9. The van der Waals surface area contributed by atoms with Crippen molar-refractivity contribution in [2.75, 3.05) is 13.1 Å². The Morgan fingerprint density at radius 3 is 2.90 bits per heavy atom. The number of likely N-dealkylation sites (tertiary alicyclic amines) is 1. The van der Waals surface area contributed by atoms with Gasteiger partial charge in [0.25, 0.3) is 5.91 Å². The number of carbonyl (C=O) groups excluding carboxylic acids is 1. The van der Waals surface area contributed by atoms with Gasteiger partial charge in [-0.15, -0.1) is 0 Å². The summed E-state index contributed by atoms with van der Waals surface area (Å²) in [7, 11) is 0. The van der Waals surface area contributed by atoms with Gasteiger partial charge in [0.05, 0.1) is 10.0 Å². The zero-order valence-corrected chi connectivity index (χ0v) is 12.4. The highest BCUT2D eigenvalue weighted by atomic mass is 79.9. The van der Waals surface area contributed by atoms with Crippen LogP contribution in [0, 0.1) is 11.7 Å². The number of rotatable bonds is 3. The van der Waals surface area contributed by atoms with Gasteiger partial charge in [-0.3, -0.25) is 9.59 Å². The first kappa shape index (κ1) is 15.0. The van der Waals surface area contributed by atoms with Crippen molar-refractivity contribution < 1.29 is 19.1 Å². The van der Waals surface area contributed by atoms with E-state index in [-0.39, 0.29) is 28.3 Å². The number of halogens is 2. The minimum absolute atomic E-state index is 0.0235. The Hall–Kier alpha value is -1.43. The molecule has 1 aromatic rings. The topological polar surface area (TPSA) is 57.6 Å². The fourth-order valence-electron chi connectivity index (χ4n) is 2.50. The molecule has 1 heterocycles. The first-order valence-electron chi connectivity index (χ1n) is 6.44. The third-order valence-corrected chi connectivity index (χ3v) is 4.06. The Morgan fingerprint density at radius 1 is 1.45 bits per heavy atom. The van der Waals surface area contributed by atoms with Crippen molar-refractivity contribution in [1.82, 2.24) is 4.90 Å². The Balaban J connectivity index is 2.12. The molecule has 108 valence electrons. The van der Waals surface area contributed by atoms with Gasteiger partial charge >= 0.3 is 5.97 Å². The minimum Gasteiger partial charge on any atom is -0.481 e. The zero-order valence-electron chi connectivity index (χ0n) is 10.8. The van der Waals surface area contributed by atoms with Crippen LogP contribution in [0.25, 0.3) is 0 Å². The van der Waals surface area contributed by atoms with Crippen LogP contribution in [0.1, 0.15) is 29.6 Å². The molecule has 0 saturated carbocycles. The summed E-state index contributed by atoms with van der Waals surface area (Å²) >= 11 is 3.06. The van der Waals surface area contributed by atoms with E-state index < -0.39 is 11.8 Å². The molecule has 1 aromatic carbocycles. The van der Waals surface area contributed by atoms with Crippen LogP contribution in [0.15, 0.2) is 22.7 Å². The van der Waals surface area contributed by atoms with E-state index in [1.807, 2.05) is 0 Å². The van der Waals surface area contributed by atoms with Gasteiger partial charge < -0.3 is 10.0 Å². The highest BCUT2D eigenvalue weighted by Gasteiger charge is 2.27. The zero-order chi connectivity index (χ0) is 14.7. The van der Waals surface area contributed by atoms with Crippen LogP contribution >= 0.6 is 15.9 Å². The number of benzene rings is 1. The van der Waals surface area contributed by atoms with Gasteiger partial charge in [0, 0.05) is 19.5 Å². The number of piperidine rings is 1. The highest BCUT2D eigenvalue weighted by molar-refractivity contribution is 9.10. The molecule has 1 N–H and O–H groups in total. The van der Waals surface area contributed by atoms with E-state index in [0.717, 1.165) is 12.8 Å². The average molecular weight is 344 g/mol. The molecule has 1 saturated heterocycles. The molecule has 0 radical (unpaired) electrons. The minimum atomic E-state index is -0.863. The maximum atomic E-state index is 13.9. The van der Waals surface area contributed by atoms with E-state index in [0.29, 0.717) is 13.1 Å². The summed E-state index contributed by atoms with van der Waals surface area (Å²) in [4.78, 5) is 24.6. The van der Waals surface area contributed by atoms with Gasteiger partial charge in [-0.2, -0.15) is 0 Å². The first-order valence-corrected chi connectivity index (χ1v) is 7.23. The maximum absolute atomic E-state index is 13.9. The van der Waals surface area contributed by atoms with Crippen molar-refractivity contribution in [3.8, 4) is 0 Å². The maximum Gasteiger partial charge on any atom is 0.303 e. The smallest absolute Gasteiger partial charge is 0.303 e. The third-order valence-electron chi connectivity index (χ3n) is 3.45. The van der Waals surface area contributed by atoms with E-state index in [1.54, 1.807) is 11.0 Å². The molecular formula is C14H15BrFNO3. The number of aliphatic carboxylic acids is 1. The van der Waals surface area contributed by atoms with Crippen molar-refractivity contribution in [1.29, 1.82) is 0 Å². The van der Waals surface area contributed by atoms with Gasteiger partial charge in [-0.05, 0) is 46.8 Å². The van der Waals surface area contributed by atoms with Crippen LogP contribution in [0.4, 0.5) is 4.39 Å². The second-order valence-electron chi connectivity index (χ2n) is 4.96. The average Bonchev–Trinajstić information content (AvgIpc) is 2.41. The Morgan fingerprint density at radius 2 is 2.20 bits per heavy atom. The standard InChI is InChI=1S/C14H15BrFNO3/c15-11-5-1-4-10(13(11)16)14(20)17-6-2-3-9(8-17)7-12(18)19/h1,4-5,9H,2-3,6-8H2,(H,18,19). The first-order chi connectivity index (χ1) is 9.49. The van der Waals surface area contributed by atoms with Crippen LogP contribution in [0.5, 0.6) is 0 Å². The lowest BCUT2D eigenvalue weighted by Crippen LogP contribution is -2.40. The van der Waals surface area contributed by atoms with Gasteiger partial charge in [0.15, 0.2) is 0 Å². The third kappa shape index (κ3) is 3.36. The van der Waals surface area contributed by atoms with Crippen molar-refractivity contribution in [2.24, 2.45) is 5.92 Å². The van der Waals surface area contributed by atoms with Gasteiger partial charge in [-0.1, -0.05) is 6.07 Å². The number of amides is 1. The molecule has 6 heteroatoms. The molecule has 1 unspecified atom stereocenters. The largest absolute Gasteiger partial charge is 0.481 e. The molecule has 1 aliphatic heterocycles. The lowest BCUT2D eigenvalue weighted by Gasteiger charge is -2.32. The lowest BCUT2D eigenvalue weighted by atomic mass is 9.94. The summed E-state index contributed by atoms with van der Waals surface area (Å²) in [5.74, 6) is -1.87. The molecule has 0 aromatic heterocycles. The molecule has 1 amide bonds. The molecule has 4 nitrogen and oxygen atoms in total. The van der Waals surface area contributed by atoms with Crippen LogP contribution < -0.4 is 0 Å². The second kappa shape index (κ2) is 6.35. The quantitative estimate of drug-likeness (QED) is 0.917. The Bertz CT molecular complexity index is 535. The Labute approximate surface area is 124 Å². The predicted octanol–water partition coefficient (Wildman–Crippen LogP) is 2.92. The monoisotopic (exact) mass is 343 g/mol. The van der Waals surface area contributed by atoms with E-state index in [9.17, 15) is 14.0 Å². The molecular weight excluding hydrogens is 329 g/mol. The van der Waals surface area contributed by atoms with E-state index in [2.05, 4.69) is 15.9 Å². The summed E-state index contributed by atoms with van der Waals surface area (Å²) in [5.41, 5.74) is 0.0235. The molecule has 0 aliphatic carbocycles. The number of hydrogen-bond acceptors (Lipinski definition) is 2. The van der Waals surface area contributed by atoms with E-state index in [1.165, 1.54) is 12.1 Å². The fourth-order valence-corrected chi connectivity index (χ4v) is 2.87. The summed E-state index contributed by atoms with van der Waals surface area (Å²) < 4.78 is 14.2. The van der Waals surface area contributed by atoms with Gasteiger partial charge in [0.1, 0.15) is 5.82 Å². The van der Waals surface area contributed by atoms with Crippen LogP contribution in [0.2, 0.25) is 0 Å². The second-order valence-corrected chi connectivity index (χ2v) is 5.81. The molecule has 20 heavy (non-hydrogen) atoms. The summed E-state index contributed by atoms with van der Waals surface area (Å²) in [5, 5.41) is 8.82. The van der Waals surface area contributed by atoms with Crippen molar-refractivity contribution >= 4 is 27.8 Å². The highest BCUT2D eigenvalue weighted by Crippen LogP contribution is 2.24. The van der Waals surface area contributed by atoms with Crippen LogP contribution in [-0.4, -0.2) is 35.0 Å². The van der Waals surface area contributed by atoms with Crippen LogP contribution in [0.3, 0.4) is 0 Å². The van der Waals surface area contributed by atoms with E-state index in [4.69, 9.17) is 5.11 Å². The van der Waals surface area contributed by atoms with Crippen LogP contribution in [-0.2, 0) is 4.79 Å². The van der Waals surface area contributed by atoms with E-state index >= 15 is 0 Å². The van der Waals surface area contributed by atoms with Crippen molar-refractivity contribution in [3.05, 3.63) is 34.1 Å². The summed E-state index contributed by atoms with van der Waals surface area (Å²) in [6.07, 6.45) is 1.58. The lowest BCUT2D eigenvalue weighted by molar-refractivity contribution is -0.138. The summed E-state index contributed by atoms with van der Waals surface area (Å²) in [6.45, 7) is 0.915. The SMILES string of the molecule is O=C(O)CC1CCCN(C(=O)c2cccc(Br)c2F)C1. The Kier molecular flexibility index (Phi) is 4.75. The molecule has 1 fully saturated rings. The number of carbonyl (C=O) groups is 2. The summed E-state index contributed by atoms with van der Waals surface area (Å²) in [6, 6.07) is 4.60. The number of hydrogen-bond donors (Lipinski definition) is 1. The molecule has 0 bridgehead atoms. The predicted molar refractivity (Wildman–Crippen MR) is 75.0 cm³/mol. The fraction of sp³-hybridized carbons (Fsp3) is 0.429. The number of nitrogens with zero attached hydrogens (tertiary/aromatic N) is 1. The molecule has 1 aliphatic rings. The van der Waals surface area contributed by atoms with Crippen molar-refractivity contribution in [3.63, 3.8) is 0 Å². The van der Waals surface area contributed by atoms with Gasteiger partial charge in [-0.25, -0.2) is 4.39 Å². The van der Waals surface area contributed by atoms with Gasteiger partial charge in [0.2, 0.25) is 0 Å². The molecule has 0 spiro atoms. The molecule has 2 rings (SSSR count).